The van der Waals surface area contributed by atoms with Crippen LogP contribution in [0.3, 0.4) is 0 Å². The van der Waals surface area contributed by atoms with Gasteiger partial charge in [-0.15, -0.1) is 0 Å². The Morgan fingerprint density at radius 1 is 0.667 bits per heavy atom. The Hall–Kier alpha value is -0.263. The van der Waals surface area contributed by atoms with Crippen LogP contribution in [0.4, 0.5) is 48.3 Å². The molecule has 0 aliphatic carbocycles. The first-order chi connectivity index (χ1) is 8.25. The zero-order valence-corrected chi connectivity index (χ0v) is 10.1. The molecule has 0 aliphatic rings. The van der Waals surface area contributed by atoms with Crippen LogP contribution in [0.5, 0.6) is 0 Å². The fraction of sp³-hybridized carbons (Fsp3) is 1.00. The van der Waals surface area contributed by atoms with Gasteiger partial charge in [0.05, 0.1) is 0 Å². The van der Waals surface area contributed by atoms with Gasteiger partial charge in [-0.2, -0.15) is 56.7 Å². The number of rotatable bonds is 4. The molecule has 0 rings (SSSR count). The normalized spacial score (nSPS) is 15.6. The number of halogens is 11. The Morgan fingerprint density at radius 2 is 0.952 bits per heavy atom. The third-order valence-corrected chi connectivity index (χ3v) is 2.74. The first kappa shape index (κ1) is 23.0. The summed E-state index contributed by atoms with van der Waals surface area (Å²) in [5.41, 5.74) is 0. The van der Waals surface area contributed by atoms with Crippen molar-refractivity contribution in [1.29, 1.82) is 0 Å². The second-order valence-corrected chi connectivity index (χ2v) is 4.68. The Bertz CT molecular complexity index is 486. The van der Waals surface area contributed by atoms with Crippen molar-refractivity contribution in [3.05, 3.63) is 0 Å². The molecule has 0 fully saturated rings. The predicted octanol–water partition coefficient (Wildman–Crippen LogP) is 0.0517. The van der Waals surface area contributed by atoms with Gasteiger partial charge in [-0.25, -0.2) is 0 Å². The zero-order chi connectivity index (χ0) is 17.0. The molecule has 0 atom stereocenters. The van der Waals surface area contributed by atoms with E-state index < -0.39 is 39.3 Å². The molecule has 0 bridgehead atoms. The Morgan fingerprint density at radius 3 is 1.14 bits per heavy atom. The van der Waals surface area contributed by atoms with Crippen LogP contribution < -0.4 is 18.9 Å². The van der Waals surface area contributed by atoms with Gasteiger partial charge in [0.15, 0.2) is 0 Å². The Kier molecular flexibility index (Phi) is 5.95. The van der Waals surface area contributed by atoms with E-state index >= 15 is 0 Å². The molecule has 0 unspecified atom stereocenters. The van der Waals surface area contributed by atoms with Gasteiger partial charge < -0.3 is 1.43 Å². The third kappa shape index (κ3) is 3.10. The van der Waals surface area contributed by atoms with Gasteiger partial charge in [0.1, 0.15) is 0 Å². The van der Waals surface area contributed by atoms with Crippen molar-refractivity contribution in [3.8, 4) is 0 Å². The maximum Gasteiger partial charge on any atom is 1.00 e. The van der Waals surface area contributed by atoms with E-state index in [2.05, 4.69) is 0 Å². The van der Waals surface area contributed by atoms with E-state index in [4.69, 9.17) is 4.55 Å². The molecule has 21 heavy (non-hydrogen) atoms. The molecule has 0 aromatic heterocycles. The maximum atomic E-state index is 12.5. The average Bonchev–Trinajstić information content (AvgIpc) is 2.12. The van der Waals surface area contributed by atoms with E-state index in [0.29, 0.717) is 0 Å². The summed E-state index contributed by atoms with van der Waals surface area (Å²) in [6, 6.07) is 0. The van der Waals surface area contributed by atoms with Crippen molar-refractivity contribution in [2.75, 3.05) is 0 Å². The SMILES string of the molecule is O=S(=O)(O)C(F)(F)C(F)(F)C(F)(F)C(F)(F)C(F)(F)F.[H-].[Li+]. The minimum absolute atomic E-state index is 0. The van der Waals surface area contributed by atoms with Gasteiger partial charge in [-0.05, 0) is 0 Å². The van der Waals surface area contributed by atoms with Crippen LogP contribution in [0.2, 0.25) is 0 Å². The minimum Gasteiger partial charge on any atom is -1.00 e. The molecule has 0 aromatic carbocycles. The number of hydrogen-bond acceptors (Lipinski definition) is 2. The van der Waals surface area contributed by atoms with Crippen LogP contribution in [0, 0.1) is 0 Å². The summed E-state index contributed by atoms with van der Waals surface area (Å²) in [6.07, 6.45) is -7.39. The Labute approximate surface area is 121 Å². The summed E-state index contributed by atoms with van der Waals surface area (Å²) < 4.78 is 161. The van der Waals surface area contributed by atoms with Gasteiger partial charge in [-0.1, -0.05) is 0 Å². The molecule has 0 aromatic rings. The van der Waals surface area contributed by atoms with Crippen LogP contribution >= 0.6 is 0 Å². The minimum atomic E-state index is -7.86. The van der Waals surface area contributed by atoms with E-state index in [9.17, 15) is 56.7 Å². The summed E-state index contributed by atoms with van der Waals surface area (Å²) in [6.45, 7) is 0. The monoisotopic (exact) mass is 358 g/mol. The summed E-state index contributed by atoms with van der Waals surface area (Å²) in [4.78, 5) is 0. The molecular weight excluding hydrogens is 356 g/mol. The quantitative estimate of drug-likeness (QED) is 0.439. The molecule has 0 aliphatic heterocycles. The van der Waals surface area contributed by atoms with Crippen molar-refractivity contribution < 1.29 is 81.6 Å². The summed E-state index contributed by atoms with van der Waals surface area (Å²) in [5, 5.41) is -7.29. The first-order valence-electron chi connectivity index (χ1n) is 3.80. The molecule has 16 heteroatoms. The van der Waals surface area contributed by atoms with Crippen LogP contribution in [0.15, 0.2) is 0 Å². The van der Waals surface area contributed by atoms with Crippen molar-refractivity contribution in [1.82, 2.24) is 0 Å². The van der Waals surface area contributed by atoms with E-state index in [1.807, 2.05) is 0 Å². The molecule has 0 heterocycles. The second kappa shape index (κ2) is 5.43. The van der Waals surface area contributed by atoms with Crippen LogP contribution in [-0.2, 0) is 10.1 Å². The van der Waals surface area contributed by atoms with Gasteiger partial charge in [-0.3, -0.25) is 4.55 Å². The predicted molar refractivity (Wildman–Crippen MR) is 38.5 cm³/mol. The molecule has 1 N–H and O–H groups in total. The fourth-order valence-corrected chi connectivity index (χ4v) is 1.17. The smallest absolute Gasteiger partial charge is 1.00 e. The maximum absolute atomic E-state index is 12.5. The molecule has 0 saturated carbocycles. The van der Waals surface area contributed by atoms with Crippen LogP contribution in [0.25, 0.3) is 0 Å². The molecular formula is C5H2F11LiO3S. The Balaban J connectivity index is -0.00000180. The van der Waals surface area contributed by atoms with Crippen molar-refractivity contribution >= 4 is 10.1 Å². The largest absolute Gasteiger partial charge is 1.00 e. The van der Waals surface area contributed by atoms with Crippen molar-refractivity contribution in [3.63, 3.8) is 0 Å². The van der Waals surface area contributed by atoms with Gasteiger partial charge in [0, 0.05) is 0 Å². The van der Waals surface area contributed by atoms with Gasteiger partial charge >= 0.3 is 58.2 Å². The van der Waals surface area contributed by atoms with Gasteiger partial charge in [0.25, 0.3) is 0 Å². The summed E-state index contributed by atoms with van der Waals surface area (Å²) >= 11 is 0. The fourth-order valence-electron chi connectivity index (χ4n) is 0.720. The van der Waals surface area contributed by atoms with E-state index in [1.54, 1.807) is 0 Å². The molecule has 0 radical (unpaired) electrons. The topological polar surface area (TPSA) is 54.4 Å². The zero-order valence-electron chi connectivity index (χ0n) is 10.3. The van der Waals surface area contributed by atoms with Crippen molar-refractivity contribution in [2.45, 2.75) is 29.2 Å². The number of hydrogen-bond donors (Lipinski definition) is 1. The van der Waals surface area contributed by atoms with E-state index in [0.717, 1.165) is 0 Å². The van der Waals surface area contributed by atoms with Crippen LogP contribution in [-0.4, -0.2) is 42.2 Å². The molecule has 3 nitrogen and oxygen atoms in total. The average molecular weight is 358 g/mol. The third-order valence-electron chi connectivity index (χ3n) is 1.83. The van der Waals surface area contributed by atoms with E-state index in [1.165, 1.54) is 0 Å². The summed E-state index contributed by atoms with van der Waals surface area (Å²) in [5.74, 6) is -23.3. The van der Waals surface area contributed by atoms with E-state index in [-0.39, 0.29) is 20.3 Å². The standard InChI is InChI=1S/C5HF11O3S.Li.H/c6-1(7,2(8,9)4(12,13)14)3(10,11)5(15,16)20(17,18)19;;/h(H,17,18,19);;/q;+1;-1. The second-order valence-electron chi connectivity index (χ2n) is 3.21. The molecule has 0 spiro atoms. The van der Waals surface area contributed by atoms with Gasteiger partial charge in [0.2, 0.25) is 0 Å². The van der Waals surface area contributed by atoms with Crippen LogP contribution in [0.1, 0.15) is 1.43 Å². The number of alkyl halides is 11. The molecule has 0 saturated heterocycles. The molecule has 124 valence electrons. The van der Waals surface area contributed by atoms with Crippen molar-refractivity contribution in [2.24, 2.45) is 0 Å². The summed E-state index contributed by atoms with van der Waals surface area (Å²) in [7, 11) is -7.41. The first-order valence-corrected chi connectivity index (χ1v) is 5.24. The molecule has 0 amide bonds.